The molecular formula is C20H30N2O5. The van der Waals surface area contributed by atoms with E-state index >= 15 is 0 Å². The Hall–Kier alpha value is -1.83. The van der Waals surface area contributed by atoms with Crippen molar-refractivity contribution in [3.63, 3.8) is 0 Å². The van der Waals surface area contributed by atoms with E-state index in [4.69, 9.17) is 14.2 Å². The van der Waals surface area contributed by atoms with E-state index in [1.165, 1.54) is 7.11 Å². The number of ether oxygens (including phenoxy) is 3. The van der Waals surface area contributed by atoms with E-state index in [2.05, 4.69) is 4.90 Å². The predicted molar refractivity (Wildman–Crippen MR) is 101 cm³/mol. The Morgan fingerprint density at radius 2 is 1.93 bits per heavy atom. The molecule has 2 saturated heterocycles. The first-order valence-electron chi connectivity index (χ1n) is 9.53. The maximum Gasteiger partial charge on any atom is 0.248 e. The molecule has 2 aliphatic rings. The summed E-state index contributed by atoms with van der Waals surface area (Å²) in [6.07, 6.45) is 1.37. The van der Waals surface area contributed by atoms with E-state index in [9.17, 15) is 9.90 Å². The zero-order chi connectivity index (χ0) is 19.3. The summed E-state index contributed by atoms with van der Waals surface area (Å²) >= 11 is 0. The van der Waals surface area contributed by atoms with E-state index in [0.717, 1.165) is 37.6 Å². The van der Waals surface area contributed by atoms with Crippen LogP contribution in [0.1, 0.15) is 12.8 Å². The molecule has 0 bridgehead atoms. The summed E-state index contributed by atoms with van der Waals surface area (Å²) in [7, 11) is 3.16. The zero-order valence-corrected chi connectivity index (χ0v) is 16.2. The molecule has 0 saturated carbocycles. The quantitative estimate of drug-likeness (QED) is 0.764. The smallest absolute Gasteiger partial charge is 0.248 e. The summed E-state index contributed by atoms with van der Waals surface area (Å²) < 4.78 is 16.1. The summed E-state index contributed by atoms with van der Waals surface area (Å²) in [5, 5.41) is 11.0. The number of methoxy groups -OCH3 is 2. The molecule has 150 valence electrons. The first-order chi connectivity index (χ1) is 13.1. The van der Waals surface area contributed by atoms with Crippen LogP contribution >= 0.6 is 0 Å². The van der Waals surface area contributed by atoms with Crippen LogP contribution in [0.2, 0.25) is 0 Å². The van der Waals surface area contributed by atoms with Crippen molar-refractivity contribution >= 4 is 5.91 Å². The van der Waals surface area contributed by atoms with Crippen LogP contribution in [0, 0.1) is 5.92 Å². The second-order valence-corrected chi connectivity index (χ2v) is 7.37. The lowest BCUT2D eigenvalue weighted by Crippen LogP contribution is -2.61. The molecule has 7 nitrogen and oxygen atoms in total. The Kier molecular flexibility index (Phi) is 6.57. The lowest BCUT2D eigenvalue weighted by molar-refractivity contribution is -0.150. The van der Waals surface area contributed by atoms with Crippen LogP contribution in [0.3, 0.4) is 0 Å². The molecule has 1 amide bonds. The van der Waals surface area contributed by atoms with Gasteiger partial charge in [0, 0.05) is 45.8 Å². The van der Waals surface area contributed by atoms with Gasteiger partial charge >= 0.3 is 0 Å². The highest BCUT2D eigenvalue weighted by Gasteiger charge is 2.45. The van der Waals surface area contributed by atoms with E-state index in [0.29, 0.717) is 26.1 Å². The fraction of sp³-hybridized carbons (Fsp3) is 0.650. The van der Waals surface area contributed by atoms with Crippen LogP contribution in [0.5, 0.6) is 11.5 Å². The normalized spacial score (nSPS) is 25.7. The molecule has 0 spiro atoms. The number of likely N-dealkylation sites (tertiary alicyclic amines) is 2. The van der Waals surface area contributed by atoms with E-state index in [1.807, 2.05) is 29.2 Å². The van der Waals surface area contributed by atoms with Gasteiger partial charge in [0.2, 0.25) is 5.91 Å². The predicted octanol–water partition coefficient (Wildman–Crippen LogP) is 1.01. The molecule has 27 heavy (non-hydrogen) atoms. The molecule has 1 N–H and O–H groups in total. The number of piperidine rings is 2. The number of aliphatic hydroxyl groups is 1. The van der Waals surface area contributed by atoms with Gasteiger partial charge in [0.15, 0.2) is 11.5 Å². The highest BCUT2D eigenvalue weighted by Crippen LogP contribution is 2.35. The molecular weight excluding hydrogens is 348 g/mol. The molecule has 0 radical (unpaired) electrons. The largest absolute Gasteiger partial charge is 0.493 e. The Morgan fingerprint density at radius 1 is 1.19 bits per heavy atom. The third-order valence-corrected chi connectivity index (χ3v) is 5.71. The standard InChI is InChI=1S/C20H30N2O5/c1-25-15-19(23)22-10-8-20(24)7-9-21(13-16(20)14-22)11-12-27-18-6-4-3-5-17(18)26-2/h3-6,16,24H,7-15H2,1-2H3/t16-,20-/m1/s1. The van der Waals surface area contributed by atoms with Crippen molar-refractivity contribution in [2.24, 2.45) is 5.92 Å². The van der Waals surface area contributed by atoms with Gasteiger partial charge in [0.1, 0.15) is 13.2 Å². The van der Waals surface area contributed by atoms with Crippen LogP contribution in [-0.4, -0.2) is 86.6 Å². The van der Waals surface area contributed by atoms with Crippen LogP contribution in [0.25, 0.3) is 0 Å². The Morgan fingerprint density at radius 3 is 2.67 bits per heavy atom. The van der Waals surface area contributed by atoms with E-state index in [-0.39, 0.29) is 18.4 Å². The zero-order valence-electron chi connectivity index (χ0n) is 16.2. The highest BCUT2D eigenvalue weighted by atomic mass is 16.5. The molecule has 0 aromatic heterocycles. The molecule has 2 fully saturated rings. The van der Waals surface area contributed by atoms with Crippen molar-refractivity contribution in [2.75, 3.05) is 60.2 Å². The number of carbonyl (C=O) groups is 1. The lowest BCUT2D eigenvalue weighted by atomic mass is 9.75. The fourth-order valence-corrected chi connectivity index (χ4v) is 4.04. The topological polar surface area (TPSA) is 71.5 Å². The summed E-state index contributed by atoms with van der Waals surface area (Å²) in [5.41, 5.74) is -0.663. The molecule has 2 atom stereocenters. The second-order valence-electron chi connectivity index (χ2n) is 7.37. The van der Waals surface area contributed by atoms with Crippen molar-refractivity contribution in [2.45, 2.75) is 18.4 Å². The van der Waals surface area contributed by atoms with Crippen LogP contribution in [0.15, 0.2) is 24.3 Å². The highest BCUT2D eigenvalue weighted by molar-refractivity contribution is 5.77. The molecule has 3 rings (SSSR count). The van der Waals surface area contributed by atoms with Crippen molar-refractivity contribution in [1.29, 1.82) is 0 Å². The van der Waals surface area contributed by atoms with Gasteiger partial charge in [-0.05, 0) is 25.0 Å². The first kappa shape index (κ1) is 19.9. The van der Waals surface area contributed by atoms with Gasteiger partial charge in [-0.25, -0.2) is 0 Å². The number of hydrogen-bond donors (Lipinski definition) is 1. The van der Waals surface area contributed by atoms with Gasteiger partial charge in [-0.2, -0.15) is 0 Å². The average Bonchev–Trinajstić information content (AvgIpc) is 2.68. The maximum atomic E-state index is 12.1. The molecule has 0 unspecified atom stereocenters. The number of carbonyl (C=O) groups excluding carboxylic acids is 1. The number of rotatable bonds is 7. The minimum atomic E-state index is -0.663. The van der Waals surface area contributed by atoms with E-state index < -0.39 is 5.60 Å². The summed E-state index contributed by atoms with van der Waals surface area (Å²) in [6.45, 7) is 4.22. The van der Waals surface area contributed by atoms with Crippen molar-refractivity contribution in [3.8, 4) is 11.5 Å². The monoisotopic (exact) mass is 378 g/mol. The second kappa shape index (κ2) is 8.91. The summed E-state index contributed by atoms with van der Waals surface area (Å²) in [6, 6.07) is 7.61. The number of fused-ring (bicyclic) bond motifs is 1. The fourth-order valence-electron chi connectivity index (χ4n) is 4.04. The molecule has 1 aromatic rings. The van der Waals surface area contributed by atoms with Gasteiger partial charge in [0.05, 0.1) is 12.7 Å². The third-order valence-electron chi connectivity index (χ3n) is 5.71. The van der Waals surface area contributed by atoms with Crippen LogP contribution in [0.4, 0.5) is 0 Å². The summed E-state index contributed by atoms with van der Waals surface area (Å²) in [4.78, 5) is 16.2. The van der Waals surface area contributed by atoms with E-state index in [1.54, 1.807) is 7.11 Å². The maximum absolute atomic E-state index is 12.1. The molecule has 1 aromatic carbocycles. The van der Waals surface area contributed by atoms with Crippen molar-refractivity contribution in [1.82, 2.24) is 9.80 Å². The Labute approximate surface area is 160 Å². The number of nitrogens with zero attached hydrogens (tertiary/aromatic N) is 2. The Balaban J connectivity index is 1.51. The van der Waals surface area contributed by atoms with Gasteiger partial charge in [0.25, 0.3) is 0 Å². The lowest BCUT2D eigenvalue weighted by Gasteiger charge is -2.50. The van der Waals surface area contributed by atoms with Gasteiger partial charge < -0.3 is 24.2 Å². The van der Waals surface area contributed by atoms with Crippen LogP contribution in [-0.2, 0) is 9.53 Å². The molecule has 0 aliphatic carbocycles. The number of para-hydroxylation sites is 2. The van der Waals surface area contributed by atoms with Crippen LogP contribution < -0.4 is 9.47 Å². The number of benzene rings is 1. The van der Waals surface area contributed by atoms with Gasteiger partial charge in [-0.3, -0.25) is 9.69 Å². The van der Waals surface area contributed by atoms with Crippen molar-refractivity contribution < 1.29 is 24.1 Å². The van der Waals surface area contributed by atoms with Gasteiger partial charge in [-0.15, -0.1) is 0 Å². The molecule has 7 heteroatoms. The van der Waals surface area contributed by atoms with Gasteiger partial charge in [-0.1, -0.05) is 12.1 Å². The number of hydrogen-bond acceptors (Lipinski definition) is 6. The molecule has 2 aliphatic heterocycles. The Bertz CT molecular complexity index is 641. The van der Waals surface area contributed by atoms with Crippen molar-refractivity contribution in [3.05, 3.63) is 24.3 Å². The summed E-state index contributed by atoms with van der Waals surface area (Å²) in [5.74, 6) is 1.52. The first-order valence-corrected chi connectivity index (χ1v) is 9.53. The minimum absolute atomic E-state index is 0.00354. The minimum Gasteiger partial charge on any atom is -0.493 e. The SMILES string of the molecule is COCC(=O)N1CC[C@]2(O)CCN(CCOc3ccccc3OC)C[C@@H]2C1. The number of amides is 1. The average molecular weight is 378 g/mol. The molecule has 2 heterocycles. The third kappa shape index (κ3) is 4.72.